The Morgan fingerprint density at radius 1 is 1.21 bits per heavy atom. The van der Waals surface area contributed by atoms with Gasteiger partial charge < -0.3 is 10.6 Å². The first-order valence-corrected chi connectivity index (χ1v) is 9.63. The third-order valence-electron chi connectivity index (χ3n) is 4.71. The average molecular weight is 388 g/mol. The number of hydrogen-bond acceptors (Lipinski definition) is 2. The lowest BCUT2D eigenvalue weighted by molar-refractivity contribution is -0.127. The Bertz CT molecular complexity index is 729. The van der Waals surface area contributed by atoms with E-state index in [2.05, 4.69) is 16.6 Å². The highest BCUT2D eigenvalue weighted by Gasteiger charge is 2.21. The molecule has 6 heteroatoms. The van der Waals surface area contributed by atoms with E-state index in [0.717, 1.165) is 43.9 Å². The van der Waals surface area contributed by atoms with Gasteiger partial charge in [-0.05, 0) is 49.0 Å². The highest BCUT2D eigenvalue weighted by Crippen LogP contribution is 2.25. The van der Waals surface area contributed by atoms with E-state index in [1.54, 1.807) is 0 Å². The van der Waals surface area contributed by atoms with E-state index in [4.69, 9.17) is 6.42 Å². The zero-order chi connectivity index (χ0) is 20.4. The third-order valence-corrected chi connectivity index (χ3v) is 4.71. The molecular formula is C22H26F2N2O2. The number of amides is 2. The highest BCUT2D eigenvalue weighted by molar-refractivity contribution is 5.93. The normalized spacial score (nSPS) is 15.3. The van der Waals surface area contributed by atoms with Crippen molar-refractivity contribution < 1.29 is 18.4 Å². The van der Waals surface area contributed by atoms with Crippen LogP contribution in [0.2, 0.25) is 0 Å². The van der Waals surface area contributed by atoms with E-state index in [1.807, 2.05) is 6.08 Å². The minimum atomic E-state index is -0.937. The maximum absolute atomic E-state index is 13.5. The van der Waals surface area contributed by atoms with Crippen molar-refractivity contribution in [1.29, 1.82) is 0 Å². The Morgan fingerprint density at radius 3 is 2.54 bits per heavy atom. The Hall–Kier alpha value is -2.68. The van der Waals surface area contributed by atoms with Crippen LogP contribution in [0.25, 0.3) is 0 Å². The van der Waals surface area contributed by atoms with Crippen LogP contribution < -0.4 is 10.6 Å². The molecule has 2 amide bonds. The standard InChI is InChI=1S/C22H26F2N2O2/c1-2-3-6-11-25-22(28)20(14-17-12-18(23)15-19(24)13-17)26-21(27)10-9-16-7-4-5-8-16/h1,9-10,12-13,15-16,20H,3-8,11,14H2,(H,25,28)(H,26,27)/b10-9+. The minimum absolute atomic E-state index is 0.0152. The van der Waals surface area contributed by atoms with E-state index >= 15 is 0 Å². The van der Waals surface area contributed by atoms with Crippen molar-refractivity contribution in [3.63, 3.8) is 0 Å². The minimum Gasteiger partial charge on any atom is -0.354 e. The van der Waals surface area contributed by atoms with Crippen LogP contribution in [0.3, 0.4) is 0 Å². The maximum Gasteiger partial charge on any atom is 0.244 e. The van der Waals surface area contributed by atoms with E-state index in [9.17, 15) is 18.4 Å². The molecule has 0 aliphatic heterocycles. The summed E-state index contributed by atoms with van der Waals surface area (Å²) in [5.74, 6) is 0.612. The summed E-state index contributed by atoms with van der Waals surface area (Å²) in [6, 6.07) is 2.14. The van der Waals surface area contributed by atoms with Gasteiger partial charge >= 0.3 is 0 Å². The molecule has 0 radical (unpaired) electrons. The van der Waals surface area contributed by atoms with Crippen molar-refractivity contribution in [3.8, 4) is 12.3 Å². The van der Waals surface area contributed by atoms with E-state index in [1.165, 1.54) is 6.08 Å². The number of hydrogen-bond donors (Lipinski definition) is 2. The molecule has 4 nitrogen and oxygen atoms in total. The molecule has 1 unspecified atom stereocenters. The van der Waals surface area contributed by atoms with E-state index in [0.29, 0.717) is 30.9 Å². The number of carbonyl (C=O) groups is 2. The Morgan fingerprint density at radius 2 is 1.89 bits per heavy atom. The number of benzene rings is 1. The smallest absolute Gasteiger partial charge is 0.244 e. The van der Waals surface area contributed by atoms with Crippen LogP contribution in [-0.4, -0.2) is 24.4 Å². The maximum atomic E-state index is 13.5. The van der Waals surface area contributed by atoms with Crippen LogP contribution >= 0.6 is 0 Å². The van der Waals surface area contributed by atoms with Crippen molar-refractivity contribution in [2.24, 2.45) is 5.92 Å². The van der Waals surface area contributed by atoms with Crippen LogP contribution in [0.5, 0.6) is 0 Å². The predicted molar refractivity (Wildman–Crippen MR) is 104 cm³/mol. The zero-order valence-electron chi connectivity index (χ0n) is 15.8. The lowest BCUT2D eigenvalue weighted by atomic mass is 10.0. The fourth-order valence-corrected chi connectivity index (χ4v) is 3.29. The molecule has 2 rings (SSSR count). The average Bonchev–Trinajstić information content (AvgIpc) is 3.15. The molecule has 150 valence electrons. The van der Waals surface area contributed by atoms with Crippen molar-refractivity contribution in [2.75, 3.05) is 6.54 Å². The second kappa shape index (κ2) is 11.2. The quantitative estimate of drug-likeness (QED) is 0.388. The summed E-state index contributed by atoms with van der Waals surface area (Å²) in [7, 11) is 0. The van der Waals surface area contributed by atoms with Crippen LogP contribution in [0.4, 0.5) is 8.78 Å². The van der Waals surface area contributed by atoms with Crippen molar-refractivity contribution >= 4 is 11.8 Å². The molecule has 0 spiro atoms. The molecule has 1 aliphatic carbocycles. The van der Waals surface area contributed by atoms with Gasteiger partial charge in [0.1, 0.15) is 17.7 Å². The summed E-state index contributed by atoms with van der Waals surface area (Å²) < 4.78 is 26.9. The zero-order valence-corrected chi connectivity index (χ0v) is 15.8. The SMILES string of the molecule is C#CCCCNC(=O)C(Cc1cc(F)cc(F)c1)NC(=O)/C=C/C1CCCC1. The molecule has 1 aromatic carbocycles. The first-order chi connectivity index (χ1) is 13.5. The van der Waals surface area contributed by atoms with Crippen LogP contribution in [0, 0.1) is 29.9 Å². The second-order valence-corrected chi connectivity index (χ2v) is 7.05. The van der Waals surface area contributed by atoms with Gasteiger partial charge in [0.25, 0.3) is 0 Å². The topological polar surface area (TPSA) is 58.2 Å². The van der Waals surface area contributed by atoms with Gasteiger partial charge in [-0.3, -0.25) is 9.59 Å². The van der Waals surface area contributed by atoms with Gasteiger partial charge in [-0.15, -0.1) is 12.3 Å². The molecule has 28 heavy (non-hydrogen) atoms. The van der Waals surface area contributed by atoms with Crippen molar-refractivity contribution in [2.45, 2.75) is 51.0 Å². The van der Waals surface area contributed by atoms with Crippen LogP contribution in [-0.2, 0) is 16.0 Å². The molecule has 1 fully saturated rings. The van der Waals surface area contributed by atoms with Crippen LogP contribution in [0.15, 0.2) is 30.4 Å². The molecule has 0 heterocycles. The van der Waals surface area contributed by atoms with Gasteiger partial charge in [0.2, 0.25) is 11.8 Å². The van der Waals surface area contributed by atoms with Gasteiger partial charge in [-0.1, -0.05) is 18.9 Å². The molecule has 0 bridgehead atoms. The molecule has 0 aromatic heterocycles. The Kier molecular flexibility index (Phi) is 8.67. The van der Waals surface area contributed by atoms with Gasteiger partial charge in [-0.2, -0.15) is 0 Å². The first-order valence-electron chi connectivity index (χ1n) is 9.63. The summed E-state index contributed by atoms with van der Waals surface area (Å²) >= 11 is 0. The summed E-state index contributed by atoms with van der Waals surface area (Å²) in [4.78, 5) is 24.7. The molecule has 2 N–H and O–H groups in total. The van der Waals surface area contributed by atoms with Gasteiger partial charge in [0, 0.05) is 25.5 Å². The summed E-state index contributed by atoms with van der Waals surface area (Å²) in [5.41, 5.74) is 0.293. The molecule has 1 aliphatic rings. The van der Waals surface area contributed by atoms with Gasteiger partial charge in [0.05, 0.1) is 0 Å². The molecular weight excluding hydrogens is 362 g/mol. The molecule has 1 saturated carbocycles. The fraction of sp³-hybridized carbons (Fsp3) is 0.455. The van der Waals surface area contributed by atoms with Crippen LogP contribution in [0.1, 0.15) is 44.1 Å². The number of allylic oxidation sites excluding steroid dienone is 1. The lowest BCUT2D eigenvalue weighted by Crippen LogP contribution is -2.47. The Labute approximate surface area is 164 Å². The second-order valence-electron chi connectivity index (χ2n) is 7.05. The number of nitrogens with one attached hydrogen (secondary N) is 2. The fourth-order valence-electron chi connectivity index (χ4n) is 3.29. The number of rotatable bonds is 9. The van der Waals surface area contributed by atoms with Crippen molar-refractivity contribution in [1.82, 2.24) is 10.6 Å². The third kappa shape index (κ3) is 7.51. The molecule has 1 aromatic rings. The molecule has 0 saturated heterocycles. The van der Waals surface area contributed by atoms with Gasteiger partial charge in [0.15, 0.2) is 0 Å². The summed E-state index contributed by atoms with van der Waals surface area (Å²) in [6.07, 6.45) is 14.1. The summed E-state index contributed by atoms with van der Waals surface area (Å²) in [5, 5.41) is 5.35. The van der Waals surface area contributed by atoms with Gasteiger partial charge in [-0.25, -0.2) is 8.78 Å². The lowest BCUT2D eigenvalue weighted by Gasteiger charge is -2.18. The number of carbonyl (C=O) groups excluding carboxylic acids is 2. The van der Waals surface area contributed by atoms with E-state index in [-0.39, 0.29) is 6.42 Å². The largest absolute Gasteiger partial charge is 0.354 e. The predicted octanol–water partition coefficient (Wildman–Crippen LogP) is 3.27. The highest BCUT2D eigenvalue weighted by atomic mass is 19.1. The number of unbranched alkanes of at least 4 members (excludes halogenated alkanes) is 1. The monoisotopic (exact) mass is 388 g/mol. The number of terminal acetylenes is 1. The summed E-state index contributed by atoms with van der Waals surface area (Å²) in [6.45, 7) is 0.366. The van der Waals surface area contributed by atoms with E-state index < -0.39 is 29.5 Å². The Balaban J connectivity index is 2.02. The first kappa shape index (κ1) is 21.6. The molecule has 1 atom stereocenters. The van der Waals surface area contributed by atoms with Crippen molar-refractivity contribution in [3.05, 3.63) is 47.5 Å². The number of halogens is 2.